The summed E-state index contributed by atoms with van der Waals surface area (Å²) in [6.45, 7) is 4.96. The highest BCUT2D eigenvalue weighted by molar-refractivity contribution is 5.79. The first-order chi connectivity index (χ1) is 9.54. The SMILES string of the molecule is COC(=O)CCN(CCC1=CCCCC1)C(=O)C(C)C. The van der Waals surface area contributed by atoms with Crippen LogP contribution >= 0.6 is 0 Å². The average Bonchev–Trinajstić information content (AvgIpc) is 2.47. The normalized spacial score (nSPS) is 14.9. The molecule has 0 aliphatic heterocycles. The first-order valence-electron chi connectivity index (χ1n) is 7.58. The van der Waals surface area contributed by atoms with Crippen molar-refractivity contribution in [3.05, 3.63) is 11.6 Å². The summed E-state index contributed by atoms with van der Waals surface area (Å²) in [5.74, 6) is -0.179. The van der Waals surface area contributed by atoms with Gasteiger partial charge in [-0.25, -0.2) is 0 Å². The van der Waals surface area contributed by atoms with Crippen LogP contribution in [-0.4, -0.2) is 37.0 Å². The number of ether oxygens (including phenoxy) is 1. The molecule has 0 heterocycles. The van der Waals surface area contributed by atoms with Crippen molar-refractivity contribution < 1.29 is 14.3 Å². The Morgan fingerprint density at radius 1 is 1.30 bits per heavy atom. The Hall–Kier alpha value is -1.32. The number of nitrogens with zero attached hydrogens (tertiary/aromatic N) is 1. The second-order valence-electron chi connectivity index (χ2n) is 5.66. The van der Waals surface area contributed by atoms with Gasteiger partial charge >= 0.3 is 5.97 Å². The number of methoxy groups -OCH3 is 1. The summed E-state index contributed by atoms with van der Waals surface area (Å²) >= 11 is 0. The summed E-state index contributed by atoms with van der Waals surface area (Å²) in [5.41, 5.74) is 1.45. The fraction of sp³-hybridized carbons (Fsp3) is 0.750. The molecule has 0 radical (unpaired) electrons. The fourth-order valence-electron chi connectivity index (χ4n) is 2.44. The van der Waals surface area contributed by atoms with Crippen LogP contribution in [0.3, 0.4) is 0 Å². The lowest BCUT2D eigenvalue weighted by Crippen LogP contribution is -2.37. The molecule has 1 amide bonds. The van der Waals surface area contributed by atoms with Crippen LogP contribution in [0.5, 0.6) is 0 Å². The third kappa shape index (κ3) is 5.76. The van der Waals surface area contributed by atoms with Gasteiger partial charge in [0, 0.05) is 19.0 Å². The number of hydrogen-bond acceptors (Lipinski definition) is 3. The summed E-state index contributed by atoms with van der Waals surface area (Å²) in [4.78, 5) is 25.2. The Labute approximate surface area is 122 Å². The molecule has 0 spiro atoms. The molecule has 1 aliphatic rings. The van der Waals surface area contributed by atoms with E-state index in [1.807, 2.05) is 13.8 Å². The molecule has 1 rings (SSSR count). The summed E-state index contributed by atoms with van der Waals surface area (Å²) in [5, 5.41) is 0. The molecule has 0 fully saturated rings. The van der Waals surface area contributed by atoms with Gasteiger partial charge in [0.2, 0.25) is 5.91 Å². The Morgan fingerprint density at radius 3 is 2.60 bits per heavy atom. The van der Waals surface area contributed by atoms with Crippen LogP contribution in [0.4, 0.5) is 0 Å². The first kappa shape index (κ1) is 16.7. The number of rotatable bonds is 7. The lowest BCUT2D eigenvalue weighted by atomic mass is 9.97. The van der Waals surface area contributed by atoms with Crippen LogP contribution in [-0.2, 0) is 14.3 Å². The fourth-order valence-corrected chi connectivity index (χ4v) is 2.44. The van der Waals surface area contributed by atoms with E-state index in [9.17, 15) is 9.59 Å². The van der Waals surface area contributed by atoms with Crippen molar-refractivity contribution in [2.45, 2.75) is 52.4 Å². The number of esters is 1. The Kier molecular flexibility index (Phi) is 7.34. The molecule has 0 atom stereocenters. The van der Waals surface area contributed by atoms with Gasteiger partial charge in [-0.3, -0.25) is 9.59 Å². The smallest absolute Gasteiger partial charge is 0.307 e. The van der Waals surface area contributed by atoms with Crippen molar-refractivity contribution in [2.24, 2.45) is 5.92 Å². The topological polar surface area (TPSA) is 46.6 Å². The van der Waals surface area contributed by atoms with Crippen LogP contribution in [0.1, 0.15) is 52.4 Å². The highest BCUT2D eigenvalue weighted by atomic mass is 16.5. The van der Waals surface area contributed by atoms with Crippen molar-refractivity contribution in [1.82, 2.24) is 4.90 Å². The van der Waals surface area contributed by atoms with Gasteiger partial charge in [0.25, 0.3) is 0 Å². The molecule has 0 aromatic heterocycles. The molecule has 0 saturated carbocycles. The molecule has 1 aliphatic carbocycles. The van der Waals surface area contributed by atoms with E-state index in [4.69, 9.17) is 0 Å². The van der Waals surface area contributed by atoms with Gasteiger partial charge in [-0.1, -0.05) is 25.5 Å². The van der Waals surface area contributed by atoms with Gasteiger partial charge in [0.15, 0.2) is 0 Å². The Morgan fingerprint density at radius 2 is 2.05 bits per heavy atom. The number of allylic oxidation sites excluding steroid dienone is 1. The number of carbonyl (C=O) groups excluding carboxylic acids is 2. The first-order valence-corrected chi connectivity index (χ1v) is 7.58. The van der Waals surface area contributed by atoms with Gasteiger partial charge in [-0.05, 0) is 32.1 Å². The molecule has 114 valence electrons. The number of carbonyl (C=O) groups is 2. The van der Waals surface area contributed by atoms with Crippen LogP contribution < -0.4 is 0 Å². The third-order valence-corrected chi connectivity index (χ3v) is 3.71. The lowest BCUT2D eigenvalue weighted by molar-refractivity contribution is -0.142. The Balaban J connectivity index is 2.50. The van der Waals surface area contributed by atoms with Gasteiger partial charge in [-0.2, -0.15) is 0 Å². The van der Waals surface area contributed by atoms with E-state index in [0.29, 0.717) is 13.1 Å². The second-order valence-corrected chi connectivity index (χ2v) is 5.66. The minimum atomic E-state index is -0.261. The van der Waals surface area contributed by atoms with E-state index in [0.717, 1.165) is 19.3 Å². The molecule has 0 aromatic rings. The molecular formula is C16H27NO3. The van der Waals surface area contributed by atoms with E-state index in [2.05, 4.69) is 10.8 Å². The predicted octanol–water partition coefficient (Wildman–Crippen LogP) is 2.92. The van der Waals surface area contributed by atoms with Gasteiger partial charge in [0.1, 0.15) is 0 Å². The minimum Gasteiger partial charge on any atom is -0.469 e. The van der Waals surface area contributed by atoms with E-state index in [-0.39, 0.29) is 24.2 Å². The molecule has 0 aromatic carbocycles. The largest absolute Gasteiger partial charge is 0.469 e. The molecule has 0 saturated heterocycles. The summed E-state index contributed by atoms with van der Waals surface area (Å²) in [6, 6.07) is 0. The summed E-state index contributed by atoms with van der Waals surface area (Å²) < 4.78 is 4.65. The van der Waals surface area contributed by atoms with Crippen molar-refractivity contribution in [3.63, 3.8) is 0 Å². The zero-order valence-corrected chi connectivity index (χ0v) is 13.0. The van der Waals surface area contributed by atoms with E-state index in [1.54, 1.807) is 4.90 Å². The van der Waals surface area contributed by atoms with Crippen molar-refractivity contribution >= 4 is 11.9 Å². The van der Waals surface area contributed by atoms with Gasteiger partial charge in [-0.15, -0.1) is 0 Å². The zero-order chi connectivity index (χ0) is 15.0. The van der Waals surface area contributed by atoms with Crippen LogP contribution in [0, 0.1) is 5.92 Å². The second kappa shape index (κ2) is 8.77. The number of hydrogen-bond donors (Lipinski definition) is 0. The van der Waals surface area contributed by atoms with E-state index >= 15 is 0 Å². The maximum Gasteiger partial charge on any atom is 0.307 e. The molecule has 0 bridgehead atoms. The summed E-state index contributed by atoms with van der Waals surface area (Å²) in [7, 11) is 1.38. The van der Waals surface area contributed by atoms with Crippen LogP contribution in [0.2, 0.25) is 0 Å². The third-order valence-electron chi connectivity index (χ3n) is 3.71. The van der Waals surface area contributed by atoms with E-state index in [1.165, 1.54) is 25.5 Å². The molecule has 0 unspecified atom stereocenters. The maximum atomic E-state index is 12.2. The van der Waals surface area contributed by atoms with Gasteiger partial charge < -0.3 is 9.64 Å². The number of amides is 1. The highest BCUT2D eigenvalue weighted by Gasteiger charge is 2.18. The predicted molar refractivity (Wildman–Crippen MR) is 79.2 cm³/mol. The van der Waals surface area contributed by atoms with Crippen molar-refractivity contribution in [3.8, 4) is 0 Å². The Bertz CT molecular complexity index is 361. The van der Waals surface area contributed by atoms with Crippen LogP contribution in [0.15, 0.2) is 11.6 Å². The lowest BCUT2D eigenvalue weighted by Gasteiger charge is -2.25. The maximum absolute atomic E-state index is 12.2. The van der Waals surface area contributed by atoms with Crippen LogP contribution in [0.25, 0.3) is 0 Å². The van der Waals surface area contributed by atoms with Gasteiger partial charge in [0.05, 0.1) is 13.5 Å². The molecule has 4 heteroatoms. The highest BCUT2D eigenvalue weighted by Crippen LogP contribution is 2.20. The minimum absolute atomic E-state index is 0.0343. The average molecular weight is 281 g/mol. The molecule has 4 nitrogen and oxygen atoms in total. The molecule has 0 N–H and O–H groups in total. The monoisotopic (exact) mass is 281 g/mol. The standard InChI is InChI=1S/C16H27NO3/c1-13(2)16(19)17(12-10-15(18)20-3)11-9-14-7-5-4-6-8-14/h7,13H,4-6,8-12H2,1-3H3. The molecular weight excluding hydrogens is 254 g/mol. The quantitative estimate of drug-likeness (QED) is 0.532. The zero-order valence-electron chi connectivity index (χ0n) is 13.0. The van der Waals surface area contributed by atoms with Crippen molar-refractivity contribution in [2.75, 3.05) is 20.2 Å². The van der Waals surface area contributed by atoms with E-state index < -0.39 is 0 Å². The summed E-state index contributed by atoms with van der Waals surface area (Å²) in [6.07, 6.45) is 8.36. The van der Waals surface area contributed by atoms with Crippen molar-refractivity contribution in [1.29, 1.82) is 0 Å². The molecule has 20 heavy (non-hydrogen) atoms.